The van der Waals surface area contributed by atoms with Gasteiger partial charge in [-0.05, 0) is 31.9 Å². The summed E-state index contributed by atoms with van der Waals surface area (Å²) in [6.45, 7) is 4.55. The first-order chi connectivity index (χ1) is 11.7. The highest BCUT2D eigenvalue weighted by Crippen LogP contribution is 2.22. The van der Waals surface area contributed by atoms with Crippen molar-refractivity contribution >= 4 is 17.9 Å². The second kappa shape index (κ2) is 7.33. The first kappa shape index (κ1) is 18.4. The van der Waals surface area contributed by atoms with Gasteiger partial charge < -0.3 is 5.32 Å². The number of benzene rings is 2. The average molecular weight is 353 g/mol. The molecule has 4 nitrogen and oxygen atoms in total. The van der Waals surface area contributed by atoms with Crippen LogP contribution in [0.2, 0.25) is 0 Å². The minimum atomic E-state index is -1.81. The molecule has 0 atom stereocenters. The predicted octanol–water partition coefficient (Wildman–Crippen LogP) is 4.32. The Kier molecular flexibility index (Phi) is 5.41. The molecule has 0 saturated heterocycles. The third-order valence-corrected chi connectivity index (χ3v) is 3.60. The molecule has 0 heterocycles. The highest BCUT2D eigenvalue weighted by Gasteiger charge is 2.21. The van der Waals surface area contributed by atoms with Gasteiger partial charge >= 0.3 is 6.03 Å². The number of carbonyl (C=O) groups excluding carboxylic acids is 1. The summed E-state index contributed by atoms with van der Waals surface area (Å²) in [5.74, 6) is -6.42. The van der Waals surface area contributed by atoms with Crippen molar-refractivity contribution in [2.75, 3.05) is 5.32 Å². The smallest absolute Gasteiger partial charge is 0.306 e. The number of halogens is 4. The van der Waals surface area contributed by atoms with E-state index in [0.717, 1.165) is 18.1 Å². The summed E-state index contributed by atoms with van der Waals surface area (Å²) in [6, 6.07) is 4.65. The molecule has 0 radical (unpaired) electrons. The molecule has 0 unspecified atom stereocenters. The minimum Gasteiger partial charge on any atom is -0.306 e. The van der Waals surface area contributed by atoms with Crippen molar-refractivity contribution in [3.05, 3.63) is 63.7 Å². The van der Waals surface area contributed by atoms with Gasteiger partial charge in [-0.25, -0.2) is 27.8 Å². The number of hydrogen-bond donors (Lipinski definition) is 2. The molecule has 0 saturated carbocycles. The Balaban J connectivity index is 2.15. The van der Waals surface area contributed by atoms with E-state index in [0.29, 0.717) is 11.9 Å². The van der Waals surface area contributed by atoms with Crippen LogP contribution < -0.4 is 10.7 Å². The normalized spacial score (nSPS) is 11.0. The molecular weight excluding hydrogens is 338 g/mol. The number of aryl methyl sites for hydroxylation is 2. The molecule has 2 rings (SSSR count). The van der Waals surface area contributed by atoms with Crippen LogP contribution in [0.5, 0.6) is 0 Å². The largest absolute Gasteiger partial charge is 0.339 e. The van der Waals surface area contributed by atoms with Gasteiger partial charge in [-0.2, -0.15) is 5.10 Å². The Hall–Kier alpha value is -2.90. The fourth-order valence-corrected chi connectivity index (χ4v) is 2.20. The highest BCUT2D eigenvalue weighted by atomic mass is 19.2. The summed E-state index contributed by atoms with van der Waals surface area (Å²) in [6.07, 6.45) is 0.574. The topological polar surface area (TPSA) is 53.5 Å². The first-order valence-electron chi connectivity index (χ1n) is 7.22. The van der Waals surface area contributed by atoms with Crippen molar-refractivity contribution in [2.24, 2.45) is 5.10 Å². The molecule has 2 aromatic carbocycles. The Morgan fingerprint density at radius 3 is 2.16 bits per heavy atom. The lowest BCUT2D eigenvalue weighted by molar-refractivity contribution is 0.252. The molecule has 25 heavy (non-hydrogen) atoms. The van der Waals surface area contributed by atoms with Crippen LogP contribution in [0.15, 0.2) is 23.3 Å². The molecule has 0 fully saturated rings. The van der Waals surface area contributed by atoms with Crippen LogP contribution in [0.25, 0.3) is 0 Å². The number of anilines is 1. The minimum absolute atomic E-state index is 0.566. The third kappa shape index (κ3) is 3.78. The Labute approximate surface area is 141 Å². The molecule has 0 aromatic heterocycles. The number of nitrogens with one attached hydrogen (secondary N) is 2. The lowest BCUT2D eigenvalue weighted by Crippen LogP contribution is -2.25. The van der Waals surface area contributed by atoms with Gasteiger partial charge in [0.2, 0.25) is 0 Å². The number of hydrazone groups is 1. The summed E-state index contributed by atoms with van der Waals surface area (Å²) in [7, 11) is 0. The Morgan fingerprint density at radius 2 is 1.56 bits per heavy atom. The van der Waals surface area contributed by atoms with E-state index in [1.165, 1.54) is 0 Å². The summed E-state index contributed by atoms with van der Waals surface area (Å²) in [5, 5.41) is 5.91. The molecule has 2 amide bonds. The van der Waals surface area contributed by atoms with Crippen molar-refractivity contribution in [3.8, 4) is 0 Å². The molecule has 132 valence electrons. The predicted molar refractivity (Wildman–Crippen MR) is 86.7 cm³/mol. The van der Waals surface area contributed by atoms with E-state index in [1.54, 1.807) is 26.0 Å². The van der Waals surface area contributed by atoms with Gasteiger partial charge in [0.15, 0.2) is 17.5 Å². The fourth-order valence-electron chi connectivity index (χ4n) is 2.20. The SMILES string of the molecule is Cc1cccc(C)c1NC(=O)NN=Cc1c(F)c(C)c(F)c(F)c1F. The zero-order chi connectivity index (χ0) is 18.7. The van der Waals surface area contributed by atoms with Crippen LogP contribution in [-0.2, 0) is 0 Å². The van der Waals surface area contributed by atoms with Crippen LogP contribution in [0.1, 0.15) is 22.3 Å². The van der Waals surface area contributed by atoms with Gasteiger partial charge in [0.1, 0.15) is 5.82 Å². The number of carbonyl (C=O) groups is 1. The van der Waals surface area contributed by atoms with E-state index in [-0.39, 0.29) is 0 Å². The molecule has 0 aliphatic carbocycles. The van der Waals surface area contributed by atoms with Crippen molar-refractivity contribution < 1.29 is 22.4 Å². The van der Waals surface area contributed by atoms with Crippen LogP contribution in [0, 0.1) is 44.0 Å². The second-order valence-electron chi connectivity index (χ2n) is 5.39. The van der Waals surface area contributed by atoms with E-state index in [1.807, 2.05) is 11.5 Å². The van der Waals surface area contributed by atoms with Crippen molar-refractivity contribution in [2.45, 2.75) is 20.8 Å². The number of rotatable bonds is 3. The number of amides is 2. The van der Waals surface area contributed by atoms with Gasteiger partial charge in [-0.15, -0.1) is 0 Å². The van der Waals surface area contributed by atoms with Gasteiger partial charge in [0.05, 0.1) is 11.8 Å². The van der Waals surface area contributed by atoms with Crippen LogP contribution >= 0.6 is 0 Å². The number of para-hydroxylation sites is 1. The maximum atomic E-state index is 13.8. The average Bonchev–Trinajstić information content (AvgIpc) is 2.58. The van der Waals surface area contributed by atoms with E-state index in [9.17, 15) is 22.4 Å². The molecule has 2 N–H and O–H groups in total. The summed E-state index contributed by atoms with van der Waals surface area (Å²) < 4.78 is 54.0. The number of urea groups is 1. The first-order valence-corrected chi connectivity index (χ1v) is 7.22. The van der Waals surface area contributed by atoms with E-state index >= 15 is 0 Å². The third-order valence-electron chi connectivity index (χ3n) is 3.60. The standard InChI is InChI=1S/C17H15F4N3O/c1-8-5-4-6-9(2)16(8)23-17(25)24-22-7-11-12(18)10(3)13(19)15(21)14(11)20/h4-7H,1-3H3,(H2,23,24,25). The monoisotopic (exact) mass is 353 g/mol. The van der Waals surface area contributed by atoms with Gasteiger partial charge in [0, 0.05) is 11.3 Å². The zero-order valence-corrected chi connectivity index (χ0v) is 13.7. The lowest BCUT2D eigenvalue weighted by atomic mass is 10.1. The summed E-state index contributed by atoms with van der Waals surface area (Å²) in [5.41, 5.74) is 2.64. The van der Waals surface area contributed by atoms with Crippen LogP contribution in [0.3, 0.4) is 0 Å². The Morgan fingerprint density at radius 1 is 0.960 bits per heavy atom. The maximum Gasteiger partial charge on any atom is 0.339 e. The van der Waals surface area contributed by atoms with Gasteiger partial charge in [-0.1, -0.05) is 18.2 Å². The highest BCUT2D eigenvalue weighted by molar-refractivity contribution is 5.92. The van der Waals surface area contributed by atoms with E-state index < -0.39 is 40.4 Å². The molecular formula is C17H15F4N3O. The van der Waals surface area contributed by atoms with Crippen LogP contribution in [-0.4, -0.2) is 12.2 Å². The van der Waals surface area contributed by atoms with E-state index in [4.69, 9.17) is 0 Å². The fraction of sp³-hybridized carbons (Fsp3) is 0.176. The van der Waals surface area contributed by atoms with E-state index in [2.05, 4.69) is 10.4 Å². The van der Waals surface area contributed by atoms with Crippen molar-refractivity contribution in [3.63, 3.8) is 0 Å². The summed E-state index contributed by atoms with van der Waals surface area (Å²) in [4.78, 5) is 11.8. The van der Waals surface area contributed by atoms with Crippen molar-refractivity contribution in [1.82, 2.24) is 5.43 Å². The second-order valence-corrected chi connectivity index (χ2v) is 5.39. The van der Waals surface area contributed by atoms with Gasteiger partial charge in [-0.3, -0.25) is 0 Å². The molecule has 2 aromatic rings. The van der Waals surface area contributed by atoms with Crippen LogP contribution in [0.4, 0.5) is 28.0 Å². The molecule has 0 spiro atoms. The summed E-state index contributed by atoms with van der Waals surface area (Å²) >= 11 is 0. The molecule has 8 heteroatoms. The quantitative estimate of drug-likeness (QED) is 0.279. The number of hydrogen-bond acceptors (Lipinski definition) is 2. The lowest BCUT2D eigenvalue weighted by Gasteiger charge is -2.10. The molecule has 0 bridgehead atoms. The maximum absolute atomic E-state index is 13.8. The zero-order valence-electron chi connectivity index (χ0n) is 13.7. The van der Waals surface area contributed by atoms with Gasteiger partial charge in [0.25, 0.3) is 0 Å². The molecule has 0 aliphatic rings. The number of nitrogens with zero attached hydrogens (tertiary/aromatic N) is 1. The Bertz CT molecular complexity index is 816. The molecule has 0 aliphatic heterocycles. The van der Waals surface area contributed by atoms with Crippen molar-refractivity contribution in [1.29, 1.82) is 0 Å².